The Morgan fingerprint density at radius 3 is 2.70 bits per heavy atom. The van der Waals surface area contributed by atoms with Crippen molar-refractivity contribution in [3.63, 3.8) is 0 Å². The maximum Gasteiger partial charge on any atom is 0.245 e. The highest BCUT2D eigenvalue weighted by Gasteiger charge is 2.25. The van der Waals surface area contributed by atoms with Crippen molar-refractivity contribution in [1.29, 1.82) is 0 Å². The number of fused-ring (bicyclic) bond motifs is 1. The molecule has 23 heavy (non-hydrogen) atoms. The number of nitrogens with zero attached hydrogens (tertiary/aromatic N) is 3. The van der Waals surface area contributed by atoms with Gasteiger partial charge in [-0.3, -0.25) is 0 Å². The largest absolute Gasteiger partial charge is 0.245 e. The first-order valence-corrected chi connectivity index (χ1v) is 8.68. The molecule has 0 aliphatic heterocycles. The zero-order chi connectivity index (χ0) is 16.6. The summed E-state index contributed by atoms with van der Waals surface area (Å²) in [6.45, 7) is -0.220. The number of rotatable bonds is 4. The maximum atomic E-state index is 13.7. The molecule has 0 spiro atoms. The molecular weight excluding hydrogens is 344 g/mol. The minimum Gasteiger partial charge on any atom is -0.207 e. The Labute approximate surface area is 135 Å². The van der Waals surface area contributed by atoms with E-state index in [0.717, 1.165) is 28.2 Å². The summed E-state index contributed by atoms with van der Waals surface area (Å²) in [5.41, 5.74) is 0.849. The summed E-state index contributed by atoms with van der Waals surface area (Å²) in [7, 11) is -2.55. The van der Waals surface area contributed by atoms with Crippen molar-refractivity contribution >= 4 is 32.8 Å². The van der Waals surface area contributed by atoms with Crippen LogP contribution in [0.5, 0.6) is 0 Å². The van der Waals surface area contributed by atoms with E-state index in [9.17, 15) is 17.2 Å². The van der Waals surface area contributed by atoms with Gasteiger partial charge >= 0.3 is 0 Å². The molecule has 5 nitrogen and oxygen atoms in total. The van der Waals surface area contributed by atoms with Crippen LogP contribution in [0, 0.1) is 11.6 Å². The van der Waals surface area contributed by atoms with E-state index in [1.54, 1.807) is 12.1 Å². The van der Waals surface area contributed by atoms with Crippen LogP contribution >= 0.6 is 11.7 Å². The van der Waals surface area contributed by atoms with Gasteiger partial charge in [0, 0.05) is 25.2 Å². The fourth-order valence-corrected chi connectivity index (χ4v) is 4.03. The van der Waals surface area contributed by atoms with Gasteiger partial charge in [0.05, 0.1) is 11.7 Å². The van der Waals surface area contributed by atoms with E-state index in [-0.39, 0.29) is 22.5 Å². The van der Waals surface area contributed by atoms with Crippen LogP contribution in [0.3, 0.4) is 0 Å². The predicted octanol–water partition coefficient (Wildman–Crippen LogP) is 2.79. The van der Waals surface area contributed by atoms with Gasteiger partial charge in [0.2, 0.25) is 10.0 Å². The van der Waals surface area contributed by atoms with Crippen LogP contribution in [0.25, 0.3) is 11.0 Å². The lowest BCUT2D eigenvalue weighted by molar-refractivity contribution is 0.455. The van der Waals surface area contributed by atoms with E-state index in [1.165, 1.54) is 19.2 Å². The summed E-state index contributed by atoms with van der Waals surface area (Å²) >= 11 is 0.918. The van der Waals surface area contributed by atoms with E-state index in [2.05, 4.69) is 8.75 Å². The molecule has 0 radical (unpaired) electrons. The molecule has 0 aliphatic carbocycles. The van der Waals surface area contributed by atoms with Gasteiger partial charge in [-0.2, -0.15) is 13.1 Å². The Bertz CT molecular complexity index is 973. The van der Waals surface area contributed by atoms with E-state index in [1.807, 2.05) is 0 Å². The van der Waals surface area contributed by atoms with Crippen LogP contribution in [0.1, 0.15) is 5.56 Å². The van der Waals surface area contributed by atoms with Crippen molar-refractivity contribution in [3.05, 3.63) is 53.6 Å². The lowest BCUT2D eigenvalue weighted by Gasteiger charge is -2.17. The Kier molecular flexibility index (Phi) is 4.09. The molecule has 3 rings (SSSR count). The summed E-state index contributed by atoms with van der Waals surface area (Å²) in [4.78, 5) is 0.00812. The fraction of sp³-hybridized carbons (Fsp3) is 0.143. The number of halogens is 2. The normalized spacial score (nSPS) is 12.2. The molecule has 0 bridgehead atoms. The molecule has 120 valence electrons. The van der Waals surface area contributed by atoms with Crippen molar-refractivity contribution in [3.8, 4) is 0 Å². The molecule has 0 atom stereocenters. The molecule has 0 fully saturated rings. The van der Waals surface area contributed by atoms with Crippen LogP contribution in [0.2, 0.25) is 0 Å². The zero-order valence-corrected chi connectivity index (χ0v) is 13.5. The second-order valence-corrected chi connectivity index (χ2v) is 7.43. The Hall–Kier alpha value is -1.97. The molecule has 0 saturated carbocycles. The summed E-state index contributed by atoms with van der Waals surface area (Å²) < 4.78 is 61.1. The third-order valence-electron chi connectivity index (χ3n) is 3.35. The highest BCUT2D eigenvalue weighted by atomic mass is 32.2. The highest BCUT2D eigenvalue weighted by Crippen LogP contribution is 2.25. The molecule has 0 saturated heterocycles. The van der Waals surface area contributed by atoms with Crippen molar-refractivity contribution in [2.45, 2.75) is 11.4 Å². The lowest BCUT2D eigenvalue weighted by Crippen LogP contribution is -2.27. The summed E-state index contributed by atoms with van der Waals surface area (Å²) in [6, 6.07) is 7.70. The molecule has 3 aromatic rings. The monoisotopic (exact) mass is 355 g/mol. The Morgan fingerprint density at radius 1 is 1.17 bits per heavy atom. The van der Waals surface area contributed by atoms with E-state index in [4.69, 9.17) is 0 Å². The average molecular weight is 355 g/mol. The topological polar surface area (TPSA) is 63.2 Å². The number of benzene rings is 2. The zero-order valence-electron chi connectivity index (χ0n) is 11.9. The van der Waals surface area contributed by atoms with Crippen LogP contribution < -0.4 is 0 Å². The van der Waals surface area contributed by atoms with Crippen molar-refractivity contribution in [2.24, 2.45) is 0 Å². The first kappa shape index (κ1) is 15.9. The molecule has 1 heterocycles. The van der Waals surface area contributed by atoms with Gasteiger partial charge in [-0.05, 0) is 18.2 Å². The highest BCUT2D eigenvalue weighted by molar-refractivity contribution is 7.89. The van der Waals surface area contributed by atoms with Gasteiger partial charge in [0.25, 0.3) is 0 Å². The van der Waals surface area contributed by atoms with Crippen molar-refractivity contribution in [1.82, 2.24) is 13.1 Å². The third-order valence-corrected chi connectivity index (χ3v) is 5.72. The predicted molar refractivity (Wildman–Crippen MR) is 82.4 cm³/mol. The van der Waals surface area contributed by atoms with Gasteiger partial charge < -0.3 is 0 Å². The van der Waals surface area contributed by atoms with Gasteiger partial charge in [-0.25, -0.2) is 17.2 Å². The van der Waals surface area contributed by atoms with E-state index in [0.29, 0.717) is 5.52 Å². The first-order chi connectivity index (χ1) is 10.9. The minimum absolute atomic E-state index is 0.00812. The smallest absolute Gasteiger partial charge is 0.207 e. The summed E-state index contributed by atoms with van der Waals surface area (Å²) in [6.07, 6.45) is 0. The third kappa shape index (κ3) is 2.94. The minimum atomic E-state index is -3.88. The fourth-order valence-electron chi connectivity index (χ4n) is 2.13. The van der Waals surface area contributed by atoms with Gasteiger partial charge in [0.15, 0.2) is 0 Å². The van der Waals surface area contributed by atoms with E-state index >= 15 is 0 Å². The Morgan fingerprint density at radius 2 is 1.96 bits per heavy atom. The van der Waals surface area contributed by atoms with Gasteiger partial charge in [-0.15, -0.1) is 0 Å². The summed E-state index contributed by atoms with van der Waals surface area (Å²) in [5, 5.41) is 0. The molecule has 0 unspecified atom stereocenters. The average Bonchev–Trinajstić information content (AvgIpc) is 2.98. The van der Waals surface area contributed by atoms with Crippen molar-refractivity contribution < 1.29 is 17.2 Å². The second kappa shape index (κ2) is 5.91. The quantitative estimate of drug-likeness (QED) is 0.722. The SMILES string of the molecule is CN(Cc1ccc(F)cc1F)S(=O)(=O)c1cccc2nsnc12. The maximum absolute atomic E-state index is 13.7. The number of sulfonamides is 1. The summed E-state index contributed by atoms with van der Waals surface area (Å²) in [5.74, 6) is -1.50. The number of hydrogen-bond acceptors (Lipinski definition) is 5. The molecular formula is C14H11F2N3O2S2. The van der Waals surface area contributed by atoms with Crippen LogP contribution in [-0.2, 0) is 16.6 Å². The molecule has 1 aromatic heterocycles. The molecule has 2 aromatic carbocycles. The number of aromatic nitrogens is 2. The molecule has 9 heteroatoms. The van der Waals surface area contributed by atoms with Crippen molar-refractivity contribution in [2.75, 3.05) is 7.05 Å². The first-order valence-electron chi connectivity index (χ1n) is 6.51. The number of hydrogen-bond donors (Lipinski definition) is 0. The van der Waals surface area contributed by atoms with Gasteiger partial charge in [0.1, 0.15) is 27.6 Å². The van der Waals surface area contributed by atoms with Crippen LogP contribution in [0.15, 0.2) is 41.3 Å². The Balaban J connectivity index is 1.97. The standard InChI is InChI=1S/C14H11F2N3O2S2/c1-19(8-9-5-6-10(15)7-11(9)16)23(20,21)13-4-2-3-12-14(13)18-22-17-12/h2-7H,8H2,1H3. The molecule has 0 amide bonds. The van der Waals surface area contributed by atoms with E-state index < -0.39 is 21.7 Å². The molecule has 0 aliphatic rings. The van der Waals surface area contributed by atoms with Crippen LogP contribution in [-0.4, -0.2) is 28.5 Å². The van der Waals surface area contributed by atoms with Gasteiger partial charge in [-0.1, -0.05) is 12.1 Å². The molecule has 0 N–H and O–H groups in total. The van der Waals surface area contributed by atoms with Crippen LogP contribution in [0.4, 0.5) is 8.78 Å². The lowest BCUT2D eigenvalue weighted by atomic mass is 10.2. The second-order valence-electron chi connectivity index (χ2n) is 4.88.